The van der Waals surface area contributed by atoms with Crippen LogP contribution in [-0.4, -0.2) is 109 Å². The minimum absolute atomic E-state index is 0.0369. The molecule has 5 rings (SSSR count). The molecule has 1 aliphatic carbocycles. The number of carbonyl (C=O) groups excluding carboxylic acids is 2. The van der Waals surface area contributed by atoms with E-state index in [1.54, 1.807) is 0 Å². The van der Waals surface area contributed by atoms with Gasteiger partial charge < -0.3 is 51.0 Å². The first-order valence-corrected chi connectivity index (χ1v) is 17.5. The quantitative estimate of drug-likeness (QED) is 0.0641. The molecule has 17 heteroatoms. The van der Waals surface area contributed by atoms with Crippen molar-refractivity contribution in [3.63, 3.8) is 0 Å². The number of rotatable bonds is 18. The number of aromatic amines is 1. The molecule has 0 radical (unpaired) electrons. The van der Waals surface area contributed by atoms with Crippen LogP contribution < -0.4 is 32.9 Å². The Labute approximate surface area is 294 Å². The smallest absolute Gasteiger partial charge is 0.328 e. The number of fused-ring (bicyclic) bond motifs is 1. The molecule has 2 aromatic rings. The maximum atomic E-state index is 13.0. The summed E-state index contributed by atoms with van der Waals surface area (Å²) in [6, 6.07) is 7.69. The van der Waals surface area contributed by atoms with Crippen LogP contribution in [0, 0.1) is 0 Å². The largest absolute Gasteiger partial charge is 0.387 e. The van der Waals surface area contributed by atoms with Gasteiger partial charge in [-0.25, -0.2) is 4.79 Å². The minimum atomic E-state index is -1.97. The maximum Gasteiger partial charge on any atom is 0.328 e. The van der Waals surface area contributed by atoms with Crippen LogP contribution in [0.2, 0.25) is 0 Å². The van der Waals surface area contributed by atoms with E-state index in [2.05, 4.69) is 27.9 Å². The third-order valence-corrected chi connectivity index (χ3v) is 9.69. The van der Waals surface area contributed by atoms with Crippen LogP contribution in [0.1, 0.15) is 70.4 Å². The number of hydrogen-bond donors (Lipinski definition) is 9. The number of carbonyl (C=O) groups is 2. The molecular formula is C34H50N6O11. The highest BCUT2D eigenvalue weighted by atomic mass is 16.7. The normalized spacial score (nSPS) is 30.8. The van der Waals surface area contributed by atoms with Gasteiger partial charge in [-0.15, -0.1) is 0 Å². The van der Waals surface area contributed by atoms with E-state index in [1.807, 2.05) is 24.3 Å². The number of unbranched alkanes of at least 4 members (excludes halogenated alkanes) is 4. The summed E-state index contributed by atoms with van der Waals surface area (Å²) in [5, 5.41) is 52.3. The van der Waals surface area contributed by atoms with Crippen molar-refractivity contribution in [1.82, 2.24) is 20.2 Å². The monoisotopic (exact) mass is 718 g/mol. The van der Waals surface area contributed by atoms with Crippen molar-refractivity contribution in [1.29, 1.82) is 0 Å². The molecule has 1 saturated carbocycles. The summed E-state index contributed by atoms with van der Waals surface area (Å²) >= 11 is 0. The Morgan fingerprint density at radius 1 is 1.06 bits per heavy atom. The van der Waals surface area contributed by atoms with E-state index in [1.165, 1.54) is 44.4 Å². The summed E-state index contributed by atoms with van der Waals surface area (Å²) in [5.74, 6) is -0.790. The van der Waals surface area contributed by atoms with Crippen molar-refractivity contribution in [3.8, 4) is 0 Å². The molecule has 11 atom stereocenters. The number of ether oxygens (including phenoxy) is 3. The second kappa shape index (κ2) is 16.9. The maximum absolute atomic E-state index is 13.0. The Balaban J connectivity index is 1.25. The van der Waals surface area contributed by atoms with Gasteiger partial charge in [0.1, 0.15) is 54.5 Å². The number of aromatic nitrogens is 2. The number of aryl methyl sites for hydroxylation is 1. The number of nitrogens with one attached hydrogen (secondary N) is 4. The fraction of sp³-hybridized carbons (Fsp3) is 0.647. The number of benzene rings is 1. The van der Waals surface area contributed by atoms with Gasteiger partial charge in [0.15, 0.2) is 6.29 Å². The topological polar surface area (TPSA) is 260 Å². The number of aliphatic hydroxyl groups excluding tert-OH is 3. The minimum Gasteiger partial charge on any atom is -0.387 e. The molecule has 3 heterocycles. The van der Waals surface area contributed by atoms with Crippen molar-refractivity contribution in [2.75, 3.05) is 11.9 Å². The van der Waals surface area contributed by atoms with Gasteiger partial charge in [-0.05, 0) is 37.0 Å². The lowest BCUT2D eigenvalue weighted by atomic mass is 10.0. The van der Waals surface area contributed by atoms with Crippen LogP contribution in [-0.2, 0) is 30.2 Å². The average Bonchev–Trinajstić information content (AvgIpc) is 3.45. The highest BCUT2D eigenvalue weighted by Crippen LogP contribution is 2.58. The first kappa shape index (κ1) is 38.7. The summed E-state index contributed by atoms with van der Waals surface area (Å²) < 4.78 is 18.6. The second-order valence-corrected chi connectivity index (χ2v) is 13.5. The Morgan fingerprint density at radius 2 is 1.78 bits per heavy atom. The van der Waals surface area contributed by atoms with Gasteiger partial charge in [-0.1, -0.05) is 44.7 Å². The van der Waals surface area contributed by atoms with Crippen LogP contribution in [0.15, 0.2) is 46.1 Å². The van der Waals surface area contributed by atoms with E-state index in [0.29, 0.717) is 5.69 Å². The van der Waals surface area contributed by atoms with Gasteiger partial charge in [-0.2, -0.15) is 0 Å². The Bertz CT molecular complexity index is 1600. The number of amides is 2. The van der Waals surface area contributed by atoms with Crippen LogP contribution >= 0.6 is 0 Å². The molecule has 3 aliphatic rings. The number of H-pyrrole nitrogens is 1. The van der Waals surface area contributed by atoms with Crippen LogP contribution in [0.5, 0.6) is 0 Å². The van der Waals surface area contributed by atoms with E-state index < -0.39 is 84.1 Å². The fourth-order valence-electron chi connectivity index (χ4n) is 6.83. The summed E-state index contributed by atoms with van der Waals surface area (Å²) in [7, 11) is 0. The molecule has 5 unspecified atom stereocenters. The molecule has 10 N–H and O–H groups in total. The van der Waals surface area contributed by atoms with Gasteiger partial charge in [-0.3, -0.25) is 29.3 Å². The summed E-state index contributed by atoms with van der Waals surface area (Å²) in [5.41, 5.74) is 4.03. The van der Waals surface area contributed by atoms with Crippen molar-refractivity contribution in [2.45, 2.75) is 132 Å². The number of anilines is 1. The predicted molar refractivity (Wildman–Crippen MR) is 182 cm³/mol. The molecule has 17 nitrogen and oxygen atoms in total. The number of nitrogens with two attached hydrogens (primary N) is 1. The molecule has 2 amide bonds. The zero-order chi connectivity index (χ0) is 36.9. The predicted octanol–water partition coefficient (Wildman–Crippen LogP) is -1.32. The lowest BCUT2D eigenvalue weighted by Gasteiger charge is -2.35. The van der Waals surface area contributed by atoms with Crippen LogP contribution in [0.4, 0.5) is 5.69 Å². The van der Waals surface area contributed by atoms with E-state index in [4.69, 9.17) is 19.9 Å². The lowest BCUT2D eigenvalue weighted by molar-refractivity contribution is -0.231. The molecule has 51 heavy (non-hydrogen) atoms. The van der Waals surface area contributed by atoms with Crippen molar-refractivity contribution >= 4 is 17.5 Å². The molecule has 282 valence electrons. The highest BCUT2D eigenvalue weighted by Gasteiger charge is 2.78. The molecule has 0 bridgehead atoms. The zero-order valence-electron chi connectivity index (χ0n) is 28.8. The first-order valence-electron chi connectivity index (χ1n) is 17.5. The molecule has 2 saturated heterocycles. The number of aliphatic hydroxyl groups is 4. The van der Waals surface area contributed by atoms with Gasteiger partial charge in [0.05, 0.1) is 6.17 Å². The highest BCUT2D eigenvalue weighted by molar-refractivity contribution is 5.90. The van der Waals surface area contributed by atoms with E-state index in [9.17, 15) is 39.6 Å². The standard InChI is InChI=1S/C34H50N6O11/c1-3-4-5-6-7-8-19-9-11-20(12-10-19)37-23(42)14-13-22(36-18(2)41)38-31(51-32-26(45)25(44)21(17-35)49-32)27-29(46)34(48)28(30(34)50-27)40-16-15-24(43)39-33(40)47/h9-12,15-16,21-22,25-32,38,44-46,48H,3-8,13-14,17,35H2,1-2H3,(H,36,41)(H,37,42)(H,39,43,47)/t21-,22?,25-,26-,27+,28?,29?,30+,31?,32+,34?/m1/s1. The van der Waals surface area contributed by atoms with Crippen molar-refractivity contribution in [3.05, 3.63) is 62.9 Å². The Hall–Kier alpha value is -3.52. The number of nitrogens with zero attached hydrogens (tertiary/aromatic N) is 1. The zero-order valence-corrected chi connectivity index (χ0v) is 28.8. The fourth-order valence-corrected chi connectivity index (χ4v) is 6.83. The van der Waals surface area contributed by atoms with Gasteiger partial charge in [0.25, 0.3) is 5.56 Å². The summed E-state index contributed by atoms with van der Waals surface area (Å²) in [4.78, 5) is 51.3. The van der Waals surface area contributed by atoms with Gasteiger partial charge in [0.2, 0.25) is 11.8 Å². The molecule has 1 aromatic heterocycles. The summed E-state index contributed by atoms with van der Waals surface area (Å²) in [6.07, 6.45) is -3.87. The van der Waals surface area contributed by atoms with E-state index in [0.717, 1.165) is 23.5 Å². The van der Waals surface area contributed by atoms with E-state index >= 15 is 0 Å². The Kier molecular flexibility index (Phi) is 12.8. The van der Waals surface area contributed by atoms with Crippen LogP contribution in [0.3, 0.4) is 0 Å². The second-order valence-electron chi connectivity index (χ2n) is 13.5. The molecule has 0 spiro atoms. The molecule has 1 aromatic carbocycles. The summed E-state index contributed by atoms with van der Waals surface area (Å²) in [6.45, 7) is 3.32. The molecular weight excluding hydrogens is 668 g/mol. The molecule has 2 aliphatic heterocycles. The van der Waals surface area contributed by atoms with E-state index in [-0.39, 0.29) is 25.3 Å². The van der Waals surface area contributed by atoms with Gasteiger partial charge >= 0.3 is 5.69 Å². The lowest BCUT2D eigenvalue weighted by Crippen LogP contribution is -2.59. The molecule has 3 fully saturated rings. The van der Waals surface area contributed by atoms with Crippen LogP contribution in [0.25, 0.3) is 0 Å². The number of hydrogen-bond acceptors (Lipinski definition) is 13. The van der Waals surface area contributed by atoms with Gasteiger partial charge in [0, 0.05) is 37.8 Å². The third-order valence-electron chi connectivity index (χ3n) is 9.69. The van der Waals surface area contributed by atoms with Crippen molar-refractivity contribution < 1.29 is 44.2 Å². The first-order chi connectivity index (χ1) is 24.4. The third kappa shape index (κ3) is 8.93. The average molecular weight is 719 g/mol. The SMILES string of the molecule is CCCCCCCc1ccc(NC(=O)CCC(NC(C)=O)NC(O[C@@H]2O[C@H](CN)[C@@H](O)[C@H]2O)[C@H]2O[C@H]3C(n4ccc(=O)[nH]c4=O)C3(O)C2O)cc1. The Morgan fingerprint density at radius 3 is 2.39 bits per heavy atom. The van der Waals surface area contributed by atoms with Crippen molar-refractivity contribution in [2.24, 2.45) is 5.73 Å².